The van der Waals surface area contributed by atoms with Crippen LogP contribution in [0.1, 0.15) is 32.6 Å². The van der Waals surface area contributed by atoms with Crippen molar-refractivity contribution in [2.24, 2.45) is 5.92 Å². The van der Waals surface area contributed by atoms with Crippen LogP contribution in [0.5, 0.6) is 0 Å². The number of esters is 1. The number of hydrogen-bond donors (Lipinski definition) is 1. The van der Waals surface area contributed by atoms with Crippen molar-refractivity contribution in [2.75, 3.05) is 6.61 Å². The minimum atomic E-state index is -0.381. The van der Waals surface area contributed by atoms with Crippen LogP contribution in [0.3, 0.4) is 0 Å². The third kappa shape index (κ3) is 2.13. The number of carbonyl (C=O) groups is 1. The van der Waals surface area contributed by atoms with Crippen molar-refractivity contribution in [3.63, 3.8) is 0 Å². The Kier molecular flexibility index (Phi) is 3.02. The van der Waals surface area contributed by atoms with Gasteiger partial charge in [0, 0.05) is 11.5 Å². The highest BCUT2D eigenvalue weighted by Gasteiger charge is 2.56. The molecule has 0 saturated carbocycles. The van der Waals surface area contributed by atoms with Crippen LogP contribution < -0.4 is 0 Å². The molecule has 1 N–H and O–H groups in total. The Labute approximate surface area is 113 Å². The third-order valence-electron chi connectivity index (χ3n) is 4.65. The topological polar surface area (TPSA) is 59.1 Å². The molecule has 0 amide bonds. The van der Waals surface area contributed by atoms with Crippen molar-refractivity contribution in [1.82, 2.24) is 0 Å². The van der Waals surface area contributed by atoms with Crippen LogP contribution in [0.25, 0.3) is 0 Å². The zero-order valence-corrected chi connectivity index (χ0v) is 11.2. The summed E-state index contributed by atoms with van der Waals surface area (Å²) >= 11 is 0. The Morgan fingerprint density at radius 2 is 2.32 bits per heavy atom. The molecule has 3 rings (SSSR count). The fraction of sp³-hybridized carbons (Fsp3) is 0.667. The van der Waals surface area contributed by atoms with Gasteiger partial charge in [-0.05, 0) is 38.7 Å². The van der Waals surface area contributed by atoms with E-state index in [9.17, 15) is 9.90 Å². The van der Waals surface area contributed by atoms with Gasteiger partial charge in [-0.3, -0.25) is 0 Å². The molecule has 19 heavy (non-hydrogen) atoms. The number of allylic oxidation sites excluding steroid dienone is 1. The molecule has 0 aromatic rings. The van der Waals surface area contributed by atoms with Gasteiger partial charge in [0.2, 0.25) is 0 Å². The van der Waals surface area contributed by atoms with Crippen molar-refractivity contribution >= 4 is 5.97 Å². The summed E-state index contributed by atoms with van der Waals surface area (Å²) in [5.41, 5.74) is 1.38. The van der Waals surface area contributed by atoms with E-state index in [4.69, 9.17) is 9.47 Å². The molecule has 0 unspecified atom stereocenters. The molecule has 104 valence electrons. The first-order valence-electron chi connectivity index (χ1n) is 6.91. The number of ether oxygens (including phenoxy) is 2. The van der Waals surface area contributed by atoms with Crippen LogP contribution in [0.15, 0.2) is 23.8 Å². The number of rotatable bonds is 1. The van der Waals surface area contributed by atoms with Crippen LogP contribution >= 0.6 is 0 Å². The fourth-order valence-corrected chi connectivity index (χ4v) is 3.25. The van der Waals surface area contributed by atoms with E-state index in [0.717, 1.165) is 25.7 Å². The summed E-state index contributed by atoms with van der Waals surface area (Å²) in [6.45, 7) is 5.96. The van der Waals surface area contributed by atoms with E-state index < -0.39 is 0 Å². The standard InChI is InChI=1S/C15H20O4/c1-9-3-4-13-15(8-16,19-13)6-5-11-10(2)14(17)18-12(11)7-9/h7,11-13,16H,2-6,8H2,1H3/b9-7+/t11-,12+,13+,15+/m0/s1. The maximum absolute atomic E-state index is 11.7. The molecule has 0 aromatic carbocycles. The Bertz CT molecular complexity index is 453. The maximum Gasteiger partial charge on any atom is 0.334 e. The second-order valence-corrected chi connectivity index (χ2v) is 5.92. The number of epoxide rings is 1. The average Bonchev–Trinajstić information content (AvgIpc) is 3.03. The first-order valence-corrected chi connectivity index (χ1v) is 6.91. The van der Waals surface area contributed by atoms with Gasteiger partial charge in [-0.1, -0.05) is 12.2 Å². The van der Waals surface area contributed by atoms with Gasteiger partial charge in [-0.15, -0.1) is 0 Å². The lowest BCUT2D eigenvalue weighted by Crippen LogP contribution is -2.25. The molecule has 1 aliphatic carbocycles. The van der Waals surface area contributed by atoms with Gasteiger partial charge < -0.3 is 14.6 Å². The van der Waals surface area contributed by atoms with Gasteiger partial charge in [-0.2, -0.15) is 0 Å². The van der Waals surface area contributed by atoms with E-state index in [0.29, 0.717) is 5.57 Å². The highest BCUT2D eigenvalue weighted by atomic mass is 16.6. The van der Waals surface area contributed by atoms with Gasteiger partial charge in [0.25, 0.3) is 0 Å². The predicted octanol–water partition coefficient (Wildman–Crippen LogP) is 1.73. The number of hydrogen-bond acceptors (Lipinski definition) is 4. The minimum Gasteiger partial charge on any atom is -0.454 e. The zero-order valence-electron chi connectivity index (χ0n) is 11.2. The smallest absolute Gasteiger partial charge is 0.334 e. The predicted molar refractivity (Wildman–Crippen MR) is 69.4 cm³/mol. The van der Waals surface area contributed by atoms with E-state index in [1.165, 1.54) is 5.57 Å². The quantitative estimate of drug-likeness (QED) is 0.339. The number of aliphatic hydroxyl groups excluding tert-OH is 1. The summed E-state index contributed by atoms with van der Waals surface area (Å²) in [5.74, 6) is -0.265. The summed E-state index contributed by atoms with van der Waals surface area (Å²) in [7, 11) is 0. The molecule has 2 aliphatic heterocycles. The second-order valence-electron chi connectivity index (χ2n) is 5.92. The minimum absolute atomic E-state index is 0.0221. The summed E-state index contributed by atoms with van der Waals surface area (Å²) in [6, 6.07) is 0. The fourth-order valence-electron chi connectivity index (χ4n) is 3.25. The van der Waals surface area contributed by atoms with E-state index in [1.54, 1.807) is 0 Å². The monoisotopic (exact) mass is 264 g/mol. The average molecular weight is 264 g/mol. The summed E-state index contributed by atoms with van der Waals surface area (Å²) in [5, 5.41) is 9.53. The van der Waals surface area contributed by atoms with Crippen molar-refractivity contribution < 1.29 is 19.4 Å². The van der Waals surface area contributed by atoms with Gasteiger partial charge >= 0.3 is 5.97 Å². The van der Waals surface area contributed by atoms with Gasteiger partial charge in [-0.25, -0.2) is 4.79 Å². The third-order valence-corrected chi connectivity index (χ3v) is 4.65. The Balaban J connectivity index is 1.84. The molecule has 0 aromatic heterocycles. The summed E-state index contributed by atoms with van der Waals surface area (Å²) in [6.07, 6.45) is 5.40. The van der Waals surface area contributed by atoms with Crippen molar-refractivity contribution in [3.8, 4) is 0 Å². The molecule has 4 nitrogen and oxygen atoms in total. The molecular weight excluding hydrogens is 244 g/mol. The normalized spacial score (nSPS) is 44.7. The molecular formula is C15H20O4. The Morgan fingerprint density at radius 1 is 1.53 bits per heavy atom. The van der Waals surface area contributed by atoms with Crippen molar-refractivity contribution in [3.05, 3.63) is 23.8 Å². The van der Waals surface area contributed by atoms with Crippen LogP contribution in [-0.4, -0.2) is 35.5 Å². The van der Waals surface area contributed by atoms with Gasteiger partial charge in [0.05, 0.1) is 12.7 Å². The maximum atomic E-state index is 11.7. The number of aliphatic hydroxyl groups is 1. The van der Waals surface area contributed by atoms with Crippen LogP contribution in [0, 0.1) is 5.92 Å². The van der Waals surface area contributed by atoms with Crippen molar-refractivity contribution in [2.45, 2.75) is 50.4 Å². The molecule has 2 saturated heterocycles. The Hall–Kier alpha value is -1.13. The Morgan fingerprint density at radius 3 is 3.05 bits per heavy atom. The van der Waals surface area contributed by atoms with Crippen LogP contribution in [-0.2, 0) is 14.3 Å². The van der Waals surface area contributed by atoms with Gasteiger partial charge in [0.1, 0.15) is 11.7 Å². The van der Waals surface area contributed by atoms with Crippen LogP contribution in [0.4, 0.5) is 0 Å². The summed E-state index contributed by atoms with van der Waals surface area (Å²) in [4.78, 5) is 11.7. The molecule has 0 spiro atoms. The van der Waals surface area contributed by atoms with Crippen LogP contribution in [0.2, 0.25) is 0 Å². The highest BCUT2D eigenvalue weighted by Crippen LogP contribution is 2.46. The molecule has 0 radical (unpaired) electrons. The molecule has 3 aliphatic rings. The highest BCUT2D eigenvalue weighted by molar-refractivity contribution is 5.91. The zero-order chi connectivity index (χ0) is 13.6. The molecule has 2 fully saturated rings. The second kappa shape index (κ2) is 4.46. The van der Waals surface area contributed by atoms with E-state index in [1.807, 2.05) is 0 Å². The van der Waals surface area contributed by atoms with Crippen molar-refractivity contribution in [1.29, 1.82) is 0 Å². The largest absolute Gasteiger partial charge is 0.454 e. The summed E-state index contributed by atoms with van der Waals surface area (Å²) < 4.78 is 11.1. The van der Waals surface area contributed by atoms with E-state index in [2.05, 4.69) is 19.6 Å². The molecule has 2 heterocycles. The SMILES string of the molecule is C=C1C(=O)O[C@@H]2/C=C(\C)CC[C@H]3O[C@@]3(CO)CC[C@@H]12. The first-order chi connectivity index (χ1) is 9.05. The number of fused-ring (bicyclic) bond motifs is 2. The number of carbonyl (C=O) groups excluding carboxylic acids is 1. The molecule has 0 bridgehead atoms. The lowest BCUT2D eigenvalue weighted by molar-refractivity contribution is -0.137. The molecule has 4 atom stereocenters. The first kappa shape index (κ1) is 12.9. The van der Waals surface area contributed by atoms with Gasteiger partial charge in [0.15, 0.2) is 0 Å². The molecule has 4 heteroatoms. The lowest BCUT2D eigenvalue weighted by Gasteiger charge is -2.19. The van der Waals surface area contributed by atoms with E-state index in [-0.39, 0.29) is 36.3 Å². The van der Waals surface area contributed by atoms with E-state index >= 15 is 0 Å². The lowest BCUT2D eigenvalue weighted by atomic mass is 9.84.